The molecule has 0 aliphatic heterocycles. The molecule has 0 fully saturated rings. The number of benzene rings is 1. The van der Waals surface area contributed by atoms with Gasteiger partial charge in [-0.25, -0.2) is 0 Å². The Kier molecular flexibility index (Phi) is 5.81. The van der Waals surface area contributed by atoms with Gasteiger partial charge >= 0.3 is 0 Å². The molecule has 0 bridgehead atoms. The fourth-order valence-corrected chi connectivity index (χ4v) is 1.70. The van der Waals surface area contributed by atoms with Crippen molar-refractivity contribution in [3.8, 4) is 0 Å². The second kappa shape index (κ2) is 6.92. The third-order valence-corrected chi connectivity index (χ3v) is 2.48. The summed E-state index contributed by atoms with van der Waals surface area (Å²) in [6.45, 7) is 6.66. The van der Waals surface area contributed by atoms with Crippen molar-refractivity contribution >= 4 is 24.5 Å². The summed E-state index contributed by atoms with van der Waals surface area (Å²) in [5, 5.41) is 0.796. The Labute approximate surface area is 98.7 Å². The molecule has 1 nitrogen and oxygen atoms in total. The lowest BCUT2D eigenvalue weighted by atomic mass is 9.80. The highest BCUT2D eigenvalue weighted by Crippen LogP contribution is 2.03. The van der Waals surface area contributed by atoms with E-state index in [1.54, 1.807) is 0 Å². The molecule has 0 N–H and O–H groups in total. The van der Waals surface area contributed by atoms with Crippen LogP contribution in [0.15, 0.2) is 24.3 Å². The number of nitrogens with zero attached hydrogens (tertiary/aromatic N) is 1. The lowest BCUT2D eigenvalue weighted by Crippen LogP contribution is -2.36. The first-order valence-electron chi connectivity index (χ1n) is 5.60. The van der Waals surface area contributed by atoms with Gasteiger partial charge in [0.25, 0.3) is 0 Å². The molecular formula is C12H18BClN. The SMILES string of the molecule is CCCN([B]c1ccc(Cl)cc1)CCC. The van der Waals surface area contributed by atoms with Crippen LogP contribution in [0.4, 0.5) is 0 Å². The molecule has 0 saturated carbocycles. The quantitative estimate of drug-likeness (QED) is 0.669. The predicted octanol–water partition coefficient (Wildman–Crippen LogP) is 2.71. The van der Waals surface area contributed by atoms with Gasteiger partial charge in [-0.1, -0.05) is 43.0 Å². The van der Waals surface area contributed by atoms with Crippen molar-refractivity contribution in [2.45, 2.75) is 26.7 Å². The average molecular weight is 223 g/mol. The van der Waals surface area contributed by atoms with E-state index in [4.69, 9.17) is 11.6 Å². The second-order valence-electron chi connectivity index (χ2n) is 3.72. The zero-order valence-corrected chi connectivity index (χ0v) is 10.3. The Balaban J connectivity index is 2.53. The highest BCUT2D eigenvalue weighted by Gasteiger charge is 2.05. The fraction of sp³-hybridized carbons (Fsp3) is 0.500. The van der Waals surface area contributed by atoms with E-state index in [0.717, 1.165) is 18.1 Å². The molecule has 0 aromatic heterocycles. The molecule has 0 unspecified atom stereocenters. The van der Waals surface area contributed by atoms with Crippen LogP contribution in [0.3, 0.4) is 0 Å². The van der Waals surface area contributed by atoms with E-state index in [0.29, 0.717) is 0 Å². The topological polar surface area (TPSA) is 3.24 Å². The lowest BCUT2D eigenvalue weighted by Gasteiger charge is -2.19. The van der Waals surface area contributed by atoms with E-state index in [2.05, 4.69) is 38.2 Å². The molecule has 1 aromatic carbocycles. The van der Waals surface area contributed by atoms with Gasteiger partial charge in [0.2, 0.25) is 7.41 Å². The van der Waals surface area contributed by atoms with Crippen LogP contribution in [0.5, 0.6) is 0 Å². The van der Waals surface area contributed by atoms with Crippen LogP contribution < -0.4 is 5.46 Å². The Morgan fingerprint density at radius 2 is 1.60 bits per heavy atom. The number of rotatable bonds is 6. The molecule has 0 saturated heterocycles. The summed E-state index contributed by atoms with van der Waals surface area (Å²) in [6.07, 6.45) is 2.37. The molecule has 0 aliphatic carbocycles. The van der Waals surface area contributed by atoms with Crippen molar-refractivity contribution in [2.24, 2.45) is 0 Å². The first-order chi connectivity index (χ1) is 7.26. The molecule has 0 spiro atoms. The Morgan fingerprint density at radius 3 is 2.07 bits per heavy atom. The molecule has 0 aliphatic rings. The molecule has 0 amide bonds. The van der Waals surface area contributed by atoms with Gasteiger partial charge in [0.1, 0.15) is 0 Å². The highest BCUT2D eigenvalue weighted by molar-refractivity contribution is 6.50. The minimum atomic E-state index is 0.796. The van der Waals surface area contributed by atoms with E-state index in [1.165, 1.54) is 18.3 Å². The van der Waals surface area contributed by atoms with Crippen LogP contribution in [0, 0.1) is 0 Å². The minimum absolute atomic E-state index is 0.796. The van der Waals surface area contributed by atoms with E-state index in [9.17, 15) is 0 Å². The van der Waals surface area contributed by atoms with Crippen LogP contribution >= 0.6 is 11.6 Å². The van der Waals surface area contributed by atoms with Crippen molar-refractivity contribution in [3.63, 3.8) is 0 Å². The minimum Gasteiger partial charge on any atom is -0.342 e. The molecule has 15 heavy (non-hydrogen) atoms. The van der Waals surface area contributed by atoms with E-state index in [1.807, 2.05) is 12.1 Å². The number of hydrogen-bond donors (Lipinski definition) is 0. The van der Waals surface area contributed by atoms with Gasteiger partial charge in [0, 0.05) is 5.02 Å². The zero-order chi connectivity index (χ0) is 11.1. The lowest BCUT2D eigenvalue weighted by molar-refractivity contribution is 0.445. The van der Waals surface area contributed by atoms with Crippen LogP contribution in [-0.2, 0) is 0 Å². The van der Waals surface area contributed by atoms with Gasteiger partial charge < -0.3 is 4.81 Å². The monoisotopic (exact) mass is 222 g/mol. The number of halogens is 1. The van der Waals surface area contributed by atoms with Crippen molar-refractivity contribution in [2.75, 3.05) is 13.1 Å². The largest absolute Gasteiger partial charge is 0.342 e. The fourth-order valence-electron chi connectivity index (χ4n) is 1.57. The molecular weight excluding hydrogens is 204 g/mol. The van der Waals surface area contributed by atoms with Crippen LogP contribution in [-0.4, -0.2) is 25.3 Å². The first kappa shape index (κ1) is 12.6. The van der Waals surface area contributed by atoms with Crippen molar-refractivity contribution in [3.05, 3.63) is 29.3 Å². The van der Waals surface area contributed by atoms with Crippen LogP contribution in [0.1, 0.15) is 26.7 Å². The number of hydrogen-bond acceptors (Lipinski definition) is 1. The zero-order valence-electron chi connectivity index (χ0n) is 9.54. The smallest absolute Gasteiger partial charge is 0.247 e. The van der Waals surface area contributed by atoms with Crippen LogP contribution in [0.25, 0.3) is 0 Å². The molecule has 81 valence electrons. The molecule has 1 aromatic rings. The summed E-state index contributed by atoms with van der Waals surface area (Å²) in [7, 11) is 2.21. The highest BCUT2D eigenvalue weighted by atomic mass is 35.5. The summed E-state index contributed by atoms with van der Waals surface area (Å²) in [5.41, 5.74) is 1.22. The van der Waals surface area contributed by atoms with Crippen molar-refractivity contribution in [1.82, 2.24) is 4.81 Å². The molecule has 1 radical (unpaired) electrons. The molecule has 3 heteroatoms. The molecule has 0 heterocycles. The van der Waals surface area contributed by atoms with Gasteiger partial charge in [0.15, 0.2) is 0 Å². The summed E-state index contributed by atoms with van der Waals surface area (Å²) >= 11 is 5.84. The Bertz CT molecular complexity index is 267. The summed E-state index contributed by atoms with van der Waals surface area (Å²) in [5.74, 6) is 0. The predicted molar refractivity (Wildman–Crippen MR) is 69.0 cm³/mol. The van der Waals surface area contributed by atoms with Gasteiger partial charge in [-0.05, 0) is 38.1 Å². The van der Waals surface area contributed by atoms with Gasteiger partial charge in [0.05, 0.1) is 0 Å². The second-order valence-corrected chi connectivity index (χ2v) is 4.15. The summed E-state index contributed by atoms with van der Waals surface area (Å²) < 4.78 is 0. The molecule has 0 atom stereocenters. The average Bonchev–Trinajstić information content (AvgIpc) is 2.22. The standard InChI is InChI=1S/C12H18BClN/c1-3-9-15(10-4-2)13-11-5-7-12(14)8-6-11/h5-8H,3-4,9-10H2,1-2H3. The van der Waals surface area contributed by atoms with Crippen molar-refractivity contribution < 1.29 is 0 Å². The van der Waals surface area contributed by atoms with Crippen LogP contribution in [0.2, 0.25) is 5.02 Å². The maximum absolute atomic E-state index is 5.84. The maximum Gasteiger partial charge on any atom is 0.247 e. The van der Waals surface area contributed by atoms with Gasteiger partial charge in [-0.3, -0.25) is 0 Å². The van der Waals surface area contributed by atoms with Gasteiger partial charge in [-0.15, -0.1) is 0 Å². The normalized spacial score (nSPS) is 10.7. The van der Waals surface area contributed by atoms with E-state index < -0.39 is 0 Å². The van der Waals surface area contributed by atoms with E-state index in [-0.39, 0.29) is 0 Å². The van der Waals surface area contributed by atoms with Gasteiger partial charge in [-0.2, -0.15) is 0 Å². The summed E-state index contributed by atoms with van der Waals surface area (Å²) in [6, 6.07) is 7.98. The third kappa shape index (κ3) is 4.72. The first-order valence-corrected chi connectivity index (χ1v) is 5.98. The Hall–Kier alpha value is -0.465. The molecule has 1 rings (SSSR count). The van der Waals surface area contributed by atoms with Crippen molar-refractivity contribution in [1.29, 1.82) is 0 Å². The third-order valence-electron chi connectivity index (χ3n) is 2.22. The van der Waals surface area contributed by atoms with E-state index >= 15 is 0 Å². The summed E-state index contributed by atoms with van der Waals surface area (Å²) in [4.78, 5) is 2.36. The maximum atomic E-state index is 5.84. The Morgan fingerprint density at radius 1 is 1.07 bits per heavy atom.